The highest BCUT2D eigenvalue weighted by molar-refractivity contribution is 5.82. The predicted molar refractivity (Wildman–Crippen MR) is 89.1 cm³/mol. The van der Waals surface area contributed by atoms with E-state index >= 15 is 0 Å². The van der Waals surface area contributed by atoms with E-state index < -0.39 is 0 Å². The smallest absolute Gasteiger partial charge is 0.137 e. The molecule has 4 aliphatic rings. The summed E-state index contributed by atoms with van der Waals surface area (Å²) in [5, 5.41) is 0. The molecule has 118 valence electrons. The average molecular weight is 296 g/mol. The summed E-state index contributed by atoms with van der Waals surface area (Å²) in [5.74, 6) is 10.4. The Morgan fingerprint density at radius 1 is 1.09 bits per heavy atom. The van der Waals surface area contributed by atoms with Gasteiger partial charge in [-0.15, -0.1) is 5.92 Å². The highest BCUT2D eigenvalue weighted by Gasteiger charge is 2.54. The Bertz CT molecular complexity index is 587. The van der Waals surface area contributed by atoms with Gasteiger partial charge in [0.2, 0.25) is 0 Å². The van der Waals surface area contributed by atoms with E-state index in [1.807, 2.05) is 6.92 Å². The fraction of sp³-hybridized carbons (Fsp3) is 0.762. The van der Waals surface area contributed by atoms with E-state index in [0.717, 1.165) is 37.0 Å². The van der Waals surface area contributed by atoms with Crippen molar-refractivity contribution < 1.29 is 4.79 Å². The third kappa shape index (κ3) is 2.03. The van der Waals surface area contributed by atoms with Crippen LogP contribution in [0.5, 0.6) is 0 Å². The molecular weight excluding hydrogens is 268 g/mol. The molecule has 0 spiro atoms. The maximum Gasteiger partial charge on any atom is 0.137 e. The molecule has 5 atom stereocenters. The largest absolute Gasteiger partial charge is 0.299 e. The number of fused-ring (bicyclic) bond motifs is 4. The van der Waals surface area contributed by atoms with Crippen molar-refractivity contribution in [2.75, 3.05) is 0 Å². The number of carbonyl (C=O) groups excluding carboxylic acids is 1. The Labute approximate surface area is 134 Å². The van der Waals surface area contributed by atoms with Crippen molar-refractivity contribution in [3.63, 3.8) is 0 Å². The van der Waals surface area contributed by atoms with Crippen LogP contribution in [0.25, 0.3) is 0 Å². The Balaban J connectivity index is 1.63. The second-order valence-corrected chi connectivity index (χ2v) is 8.33. The minimum Gasteiger partial charge on any atom is -0.299 e. The van der Waals surface area contributed by atoms with Crippen LogP contribution in [0.1, 0.15) is 71.6 Å². The van der Waals surface area contributed by atoms with E-state index in [2.05, 4.69) is 18.8 Å². The van der Waals surface area contributed by atoms with Gasteiger partial charge in [-0.3, -0.25) is 4.79 Å². The number of hydrogen-bond donors (Lipinski definition) is 0. The third-order valence-corrected chi connectivity index (χ3v) is 7.52. The molecular formula is C21H28O. The molecule has 4 rings (SSSR count). The molecule has 1 nitrogen and oxygen atoms in total. The summed E-state index contributed by atoms with van der Waals surface area (Å²) in [4.78, 5) is 11.8. The number of ketones is 1. The molecule has 22 heavy (non-hydrogen) atoms. The molecule has 0 aromatic heterocycles. The highest BCUT2D eigenvalue weighted by atomic mass is 16.1. The van der Waals surface area contributed by atoms with Crippen molar-refractivity contribution in [1.29, 1.82) is 0 Å². The van der Waals surface area contributed by atoms with Crippen LogP contribution in [0.15, 0.2) is 11.1 Å². The van der Waals surface area contributed by atoms with Crippen LogP contribution in [-0.2, 0) is 4.79 Å². The summed E-state index contributed by atoms with van der Waals surface area (Å²) in [5.41, 5.74) is 3.74. The van der Waals surface area contributed by atoms with Gasteiger partial charge in [-0.1, -0.05) is 24.0 Å². The Morgan fingerprint density at radius 2 is 1.95 bits per heavy atom. The number of hydrogen-bond acceptors (Lipinski definition) is 1. The minimum absolute atomic E-state index is 0.465. The Kier molecular flexibility index (Phi) is 3.48. The predicted octanol–water partition coefficient (Wildman–Crippen LogP) is 4.91. The molecule has 2 saturated carbocycles. The van der Waals surface area contributed by atoms with Gasteiger partial charge in [0.25, 0.3) is 0 Å². The van der Waals surface area contributed by atoms with Crippen LogP contribution in [0, 0.1) is 40.9 Å². The summed E-state index contributed by atoms with van der Waals surface area (Å²) in [6.07, 6.45) is 10.6. The van der Waals surface area contributed by atoms with Crippen molar-refractivity contribution in [2.45, 2.75) is 71.6 Å². The number of Topliss-reactive ketones (excluding diaryl/α,β-unsaturated/α-hetero) is 1. The molecule has 2 fully saturated rings. The highest BCUT2D eigenvalue weighted by Crippen LogP contribution is 2.62. The van der Waals surface area contributed by atoms with Crippen LogP contribution in [0.3, 0.4) is 0 Å². The van der Waals surface area contributed by atoms with Crippen molar-refractivity contribution in [3.8, 4) is 11.8 Å². The van der Waals surface area contributed by atoms with Gasteiger partial charge < -0.3 is 0 Å². The topological polar surface area (TPSA) is 17.1 Å². The fourth-order valence-electron chi connectivity index (χ4n) is 6.46. The first-order chi connectivity index (χ1) is 10.6. The first-order valence-electron chi connectivity index (χ1n) is 9.28. The molecule has 0 N–H and O–H groups in total. The quantitative estimate of drug-likeness (QED) is 0.458. The first kappa shape index (κ1) is 14.6. The molecule has 0 heterocycles. The summed E-state index contributed by atoms with van der Waals surface area (Å²) < 4.78 is 0. The van der Waals surface area contributed by atoms with E-state index in [0.29, 0.717) is 17.1 Å². The lowest BCUT2D eigenvalue weighted by molar-refractivity contribution is -0.119. The number of carbonyl (C=O) groups is 1. The van der Waals surface area contributed by atoms with Crippen LogP contribution in [0.2, 0.25) is 0 Å². The lowest BCUT2D eigenvalue weighted by Crippen LogP contribution is -2.43. The monoisotopic (exact) mass is 296 g/mol. The molecule has 0 radical (unpaired) electrons. The van der Waals surface area contributed by atoms with Gasteiger partial charge in [-0.2, -0.15) is 0 Å². The molecule has 1 heteroatoms. The second-order valence-electron chi connectivity index (χ2n) is 8.33. The van der Waals surface area contributed by atoms with E-state index in [1.54, 1.807) is 11.1 Å². The van der Waals surface area contributed by atoms with Crippen molar-refractivity contribution in [1.82, 2.24) is 0 Å². The molecule has 0 saturated heterocycles. The van der Waals surface area contributed by atoms with Gasteiger partial charge in [0.15, 0.2) is 0 Å². The van der Waals surface area contributed by atoms with E-state index in [1.165, 1.54) is 38.5 Å². The van der Waals surface area contributed by atoms with E-state index in [-0.39, 0.29) is 0 Å². The summed E-state index contributed by atoms with van der Waals surface area (Å²) in [6, 6.07) is 0. The van der Waals surface area contributed by atoms with Gasteiger partial charge in [0.1, 0.15) is 5.78 Å². The lowest BCUT2D eigenvalue weighted by Gasteiger charge is -2.51. The maximum absolute atomic E-state index is 11.8. The zero-order chi connectivity index (χ0) is 15.3. The molecule has 0 unspecified atom stereocenters. The van der Waals surface area contributed by atoms with Gasteiger partial charge in [0, 0.05) is 18.8 Å². The third-order valence-electron chi connectivity index (χ3n) is 7.52. The molecule has 0 bridgehead atoms. The van der Waals surface area contributed by atoms with Gasteiger partial charge in [0.05, 0.1) is 0 Å². The summed E-state index contributed by atoms with van der Waals surface area (Å²) in [6.45, 7) is 4.53. The van der Waals surface area contributed by atoms with Crippen LogP contribution in [0.4, 0.5) is 0 Å². The Hall–Kier alpha value is -1.03. The van der Waals surface area contributed by atoms with E-state index in [9.17, 15) is 4.79 Å². The number of allylic oxidation sites excluding steroid dienone is 2. The first-order valence-corrected chi connectivity index (χ1v) is 9.28. The fourth-order valence-corrected chi connectivity index (χ4v) is 6.46. The second kappa shape index (κ2) is 5.26. The molecule has 0 aromatic carbocycles. The van der Waals surface area contributed by atoms with Gasteiger partial charge >= 0.3 is 0 Å². The molecule has 0 aromatic rings. The maximum atomic E-state index is 11.8. The SMILES string of the molecule is CC#C[C@@H]1CC[C@H]2[C@@H]3CCC4=C(CCC(=O)C4)[C@H]3CC[C@]12C. The van der Waals surface area contributed by atoms with Crippen LogP contribution < -0.4 is 0 Å². The zero-order valence-electron chi connectivity index (χ0n) is 14.1. The van der Waals surface area contributed by atoms with Gasteiger partial charge in [-0.25, -0.2) is 0 Å². The standard InChI is InChI=1S/C21H28O/c1-3-4-15-6-10-20-19-8-5-14-13-16(22)7-9-17(14)18(19)11-12-21(15,20)2/h15,18-20H,5-13H2,1-2H3/t15-,18-,19-,20+,21-/m1/s1. The molecule has 4 aliphatic carbocycles. The summed E-state index contributed by atoms with van der Waals surface area (Å²) in [7, 11) is 0. The lowest BCUT2D eigenvalue weighted by atomic mass is 9.53. The van der Waals surface area contributed by atoms with Crippen LogP contribution >= 0.6 is 0 Å². The van der Waals surface area contributed by atoms with E-state index in [4.69, 9.17) is 0 Å². The van der Waals surface area contributed by atoms with Crippen molar-refractivity contribution in [3.05, 3.63) is 11.1 Å². The minimum atomic E-state index is 0.465. The zero-order valence-corrected chi connectivity index (χ0v) is 14.1. The van der Waals surface area contributed by atoms with Crippen molar-refractivity contribution in [2.24, 2.45) is 29.1 Å². The van der Waals surface area contributed by atoms with Crippen molar-refractivity contribution >= 4 is 5.78 Å². The average Bonchev–Trinajstić information content (AvgIpc) is 2.84. The normalized spacial score (nSPS) is 43.8. The molecule has 0 amide bonds. The van der Waals surface area contributed by atoms with Crippen LogP contribution in [-0.4, -0.2) is 5.78 Å². The molecule has 0 aliphatic heterocycles. The Morgan fingerprint density at radius 3 is 2.77 bits per heavy atom. The number of rotatable bonds is 0. The van der Waals surface area contributed by atoms with Gasteiger partial charge in [-0.05, 0) is 75.0 Å². The summed E-state index contributed by atoms with van der Waals surface area (Å²) >= 11 is 0.